The third-order valence-electron chi connectivity index (χ3n) is 5.49. The summed E-state index contributed by atoms with van der Waals surface area (Å²) in [5, 5.41) is 16.3. The van der Waals surface area contributed by atoms with Gasteiger partial charge in [0.2, 0.25) is 0 Å². The third-order valence-corrected chi connectivity index (χ3v) is 5.98. The molecule has 0 fully saturated rings. The van der Waals surface area contributed by atoms with Crippen LogP contribution in [0.3, 0.4) is 0 Å². The Labute approximate surface area is 233 Å². The second kappa shape index (κ2) is 14.1. The molecule has 0 saturated heterocycles. The lowest BCUT2D eigenvalue weighted by Crippen LogP contribution is -2.44. The van der Waals surface area contributed by atoms with Crippen molar-refractivity contribution >= 4 is 74.3 Å². The van der Waals surface area contributed by atoms with Gasteiger partial charge in [-0.3, -0.25) is 19.4 Å². The van der Waals surface area contributed by atoms with Crippen LogP contribution < -0.4 is 22.1 Å². The van der Waals surface area contributed by atoms with Crippen LogP contribution in [0.4, 0.5) is 5.69 Å². The number of hydrogen-bond acceptors (Lipinski definition) is 5. The number of ketones is 1. The Morgan fingerprint density at radius 2 is 1.66 bits per heavy atom. The summed E-state index contributed by atoms with van der Waals surface area (Å²) in [7, 11) is 0. The van der Waals surface area contributed by atoms with Gasteiger partial charge < -0.3 is 27.2 Å². The number of aliphatic imine (C=N–C) groups is 1. The van der Waals surface area contributed by atoms with Gasteiger partial charge in [0.05, 0.1) is 11.3 Å². The number of carbonyl (C=O) groups excluding carboxylic acids is 3. The minimum Gasteiger partial charge on any atom is -0.480 e. The minimum atomic E-state index is -1.28. The lowest BCUT2D eigenvalue weighted by atomic mass is 10.0. The Bertz CT molecular complexity index is 1380. The van der Waals surface area contributed by atoms with E-state index in [1.54, 1.807) is 18.2 Å². The number of nitrogens with zero attached hydrogens (tertiary/aromatic N) is 1. The first-order valence-electron chi connectivity index (χ1n) is 11.4. The molecule has 12 heteroatoms. The summed E-state index contributed by atoms with van der Waals surface area (Å²) in [6.45, 7) is 0.319. The molecule has 38 heavy (non-hydrogen) atoms. The van der Waals surface area contributed by atoms with E-state index in [-0.39, 0.29) is 36.0 Å². The summed E-state index contributed by atoms with van der Waals surface area (Å²) in [5.74, 6) is -3.89. The van der Waals surface area contributed by atoms with Crippen molar-refractivity contribution in [1.82, 2.24) is 5.32 Å². The van der Waals surface area contributed by atoms with Gasteiger partial charge >= 0.3 is 5.97 Å². The van der Waals surface area contributed by atoms with Crippen molar-refractivity contribution < 1.29 is 24.3 Å². The Hall–Kier alpha value is -3.96. The van der Waals surface area contributed by atoms with Crippen molar-refractivity contribution in [3.8, 4) is 0 Å². The number of anilines is 1. The number of Topliss-reactive ketones (excluding diaryl/α,β-unsaturated/α-hetero) is 1. The van der Waals surface area contributed by atoms with Gasteiger partial charge in [-0.25, -0.2) is 4.79 Å². The number of guanidine groups is 1. The summed E-state index contributed by atoms with van der Waals surface area (Å²) < 4.78 is 0.502. The number of hydrogen-bond donors (Lipinski definition) is 5. The molecule has 2 amide bonds. The number of carboxylic acids is 1. The van der Waals surface area contributed by atoms with Gasteiger partial charge in [-0.05, 0) is 60.4 Å². The molecule has 0 aliphatic rings. The number of rotatable bonds is 11. The number of carboxylic acid groups (broad SMARTS) is 1. The van der Waals surface area contributed by atoms with Crippen molar-refractivity contribution in [3.05, 3.63) is 76.3 Å². The average molecular weight is 605 g/mol. The molecular formula is C26H27BrClN5O5. The molecular weight excluding hydrogens is 578 g/mol. The zero-order chi connectivity index (χ0) is 26.9. The molecule has 7 N–H and O–H groups in total. The maximum absolute atomic E-state index is 13.0. The van der Waals surface area contributed by atoms with Crippen molar-refractivity contribution in [2.24, 2.45) is 16.5 Å². The smallest absolute Gasteiger partial charge is 0.326 e. The summed E-state index contributed by atoms with van der Waals surface area (Å²) in [5.41, 5.74) is 10.9. The summed E-state index contributed by atoms with van der Waals surface area (Å²) in [6.07, 6.45) is 0.993. The van der Waals surface area contributed by atoms with E-state index in [1.165, 1.54) is 12.1 Å². The maximum Gasteiger partial charge on any atom is 0.326 e. The second-order valence-electron chi connectivity index (χ2n) is 8.20. The zero-order valence-corrected chi connectivity index (χ0v) is 22.6. The molecule has 0 bridgehead atoms. The normalized spacial score (nSPS) is 11.1. The van der Waals surface area contributed by atoms with Gasteiger partial charge in [0.1, 0.15) is 6.04 Å². The van der Waals surface area contributed by atoms with Crippen molar-refractivity contribution in [2.45, 2.75) is 25.3 Å². The van der Waals surface area contributed by atoms with Crippen LogP contribution in [-0.2, 0) is 9.59 Å². The van der Waals surface area contributed by atoms with E-state index in [0.717, 1.165) is 10.8 Å². The number of unbranched alkanes of at least 4 members (excludes halogenated alkanes) is 1. The maximum atomic E-state index is 13.0. The van der Waals surface area contributed by atoms with Gasteiger partial charge in [0, 0.05) is 16.6 Å². The molecule has 0 aliphatic heterocycles. The van der Waals surface area contributed by atoms with Gasteiger partial charge in [0.15, 0.2) is 5.96 Å². The zero-order valence-electron chi connectivity index (χ0n) is 20.1. The molecule has 0 radical (unpaired) electrons. The first-order valence-corrected chi connectivity index (χ1v) is 12.2. The monoisotopic (exact) mass is 603 g/mol. The molecule has 0 saturated carbocycles. The highest BCUT2D eigenvalue weighted by Gasteiger charge is 2.26. The molecule has 3 rings (SSSR count). The number of amides is 2. The molecule has 0 aliphatic carbocycles. The largest absolute Gasteiger partial charge is 0.480 e. The summed E-state index contributed by atoms with van der Waals surface area (Å²) in [4.78, 5) is 54.1. The van der Waals surface area contributed by atoms with Crippen LogP contribution in [0.1, 0.15) is 40.0 Å². The molecule has 0 unspecified atom stereocenters. The van der Waals surface area contributed by atoms with Crippen LogP contribution in [0, 0.1) is 0 Å². The van der Waals surface area contributed by atoms with E-state index in [9.17, 15) is 24.3 Å². The SMILES string of the molecule is Cl.NC(N)=NCCCC[C@H](NC(=O)C(=O)c1cc(Br)ccc1NC(=O)c1ccc2ccccc2c1)C(=O)O. The van der Waals surface area contributed by atoms with Crippen molar-refractivity contribution in [1.29, 1.82) is 0 Å². The van der Waals surface area contributed by atoms with E-state index < -0.39 is 29.6 Å². The van der Waals surface area contributed by atoms with Crippen LogP contribution in [0.5, 0.6) is 0 Å². The first-order chi connectivity index (χ1) is 17.7. The lowest BCUT2D eigenvalue weighted by molar-refractivity contribution is -0.141. The van der Waals surface area contributed by atoms with Crippen molar-refractivity contribution in [3.63, 3.8) is 0 Å². The van der Waals surface area contributed by atoms with E-state index in [1.807, 2.05) is 30.3 Å². The second-order valence-corrected chi connectivity index (χ2v) is 9.12. The predicted molar refractivity (Wildman–Crippen MR) is 152 cm³/mol. The van der Waals surface area contributed by atoms with Crippen LogP contribution in [0.25, 0.3) is 10.8 Å². The van der Waals surface area contributed by atoms with E-state index >= 15 is 0 Å². The molecule has 0 aromatic heterocycles. The number of halogens is 2. The van der Waals surface area contributed by atoms with Crippen molar-refractivity contribution in [2.75, 3.05) is 11.9 Å². The molecule has 1 atom stereocenters. The van der Waals surface area contributed by atoms with E-state index in [4.69, 9.17) is 11.5 Å². The van der Waals surface area contributed by atoms with Crippen LogP contribution >= 0.6 is 28.3 Å². The highest BCUT2D eigenvalue weighted by Crippen LogP contribution is 2.23. The minimum absolute atomic E-state index is 0. The third kappa shape index (κ3) is 8.29. The average Bonchev–Trinajstić information content (AvgIpc) is 2.87. The van der Waals surface area contributed by atoms with Gasteiger partial charge in [-0.15, -0.1) is 12.4 Å². The van der Waals surface area contributed by atoms with Gasteiger partial charge in [-0.1, -0.05) is 46.3 Å². The van der Waals surface area contributed by atoms with Gasteiger partial charge in [0.25, 0.3) is 17.6 Å². The first kappa shape index (κ1) is 30.3. The molecule has 3 aromatic carbocycles. The number of nitrogens with one attached hydrogen (secondary N) is 2. The highest BCUT2D eigenvalue weighted by atomic mass is 79.9. The van der Waals surface area contributed by atoms with Crippen LogP contribution in [0.2, 0.25) is 0 Å². The molecule has 0 spiro atoms. The number of aliphatic carboxylic acids is 1. The predicted octanol–water partition coefficient (Wildman–Crippen LogP) is 3.47. The molecule has 200 valence electrons. The Balaban J connectivity index is 0.00000507. The number of fused-ring (bicyclic) bond motifs is 1. The topological polar surface area (TPSA) is 177 Å². The van der Waals surface area contributed by atoms with Crippen LogP contribution in [-0.4, -0.2) is 47.2 Å². The number of nitrogens with two attached hydrogens (primary N) is 2. The Morgan fingerprint density at radius 1 is 0.947 bits per heavy atom. The number of carbonyl (C=O) groups is 4. The Morgan fingerprint density at radius 3 is 2.34 bits per heavy atom. The van der Waals surface area contributed by atoms with E-state index in [0.29, 0.717) is 29.4 Å². The number of benzene rings is 3. The fraction of sp³-hybridized carbons (Fsp3) is 0.192. The summed E-state index contributed by atoms with van der Waals surface area (Å²) >= 11 is 3.27. The molecule has 3 aromatic rings. The quantitative estimate of drug-likeness (QED) is 0.0731. The molecule has 0 heterocycles. The molecule has 10 nitrogen and oxygen atoms in total. The lowest BCUT2D eigenvalue weighted by Gasteiger charge is -2.15. The fourth-order valence-electron chi connectivity index (χ4n) is 3.61. The fourth-order valence-corrected chi connectivity index (χ4v) is 3.97. The Kier molecular flexibility index (Phi) is 11.2. The van der Waals surface area contributed by atoms with E-state index in [2.05, 4.69) is 31.6 Å². The highest BCUT2D eigenvalue weighted by molar-refractivity contribution is 9.10. The van der Waals surface area contributed by atoms with Gasteiger partial charge in [-0.2, -0.15) is 0 Å². The van der Waals surface area contributed by atoms with Crippen LogP contribution in [0.15, 0.2) is 70.1 Å². The standard InChI is InChI=1S/C26H26BrN5O5.ClH/c27-18-10-11-20(31-23(34)17-9-8-15-5-1-2-6-16(15)13-17)19(14-18)22(33)24(35)32-21(25(36)37)7-3-4-12-30-26(28)29;/h1-2,5-6,8-11,13-14,21H,3-4,7,12H2,(H,31,34)(H,32,35)(H,36,37)(H4,28,29,30);1H/t21-;/m0./s1. The summed E-state index contributed by atoms with van der Waals surface area (Å²) in [6, 6.07) is 16.0.